The van der Waals surface area contributed by atoms with E-state index >= 15 is 0 Å². The van der Waals surface area contributed by atoms with Gasteiger partial charge in [0.05, 0.1) is 5.69 Å². The Labute approximate surface area is 188 Å². The number of aromatic nitrogens is 2. The lowest BCUT2D eigenvalue weighted by molar-refractivity contribution is 0.0531. The van der Waals surface area contributed by atoms with E-state index in [1.807, 2.05) is 69.1 Å². The summed E-state index contributed by atoms with van der Waals surface area (Å²) in [6.45, 7) is 4.25. The summed E-state index contributed by atoms with van der Waals surface area (Å²) in [5, 5.41) is 4.74. The minimum absolute atomic E-state index is 0.0165. The van der Waals surface area contributed by atoms with Gasteiger partial charge in [0.25, 0.3) is 11.8 Å². The second-order valence-electron chi connectivity index (χ2n) is 8.51. The number of rotatable bonds is 4. The zero-order valence-corrected chi connectivity index (χ0v) is 18.5. The molecule has 1 aliphatic heterocycles. The fraction of sp³-hybridized carbons (Fsp3) is 0.346. The Morgan fingerprint density at radius 3 is 2.16 bits per heavy atom. The summed E-state index contributed by atoms with van der Waals surface area (Å²) in [4.78, 5) is 29.9. The van der Waals surface area contributed by atoms with Crippen molar-refractivity contribution in [1.82, 2.24) is 19.6 Å². The number of piperazine rings is 1. The largest absolute Gasteiger partial charge is 0.335 e. The normalized spacial score (nSPS) is 15.7. The number of hydrogen-bond acceptors (Lipinski definition) is 3. The zero-order chi connectivity index (χ0) is 22.1. The van der Waals surface area contributed by atoms with Crippen LogP contribution in [0, 0.1) is 0 Å². The first kappa shape index (κ1) is 20.5. The molecule has 0 radical (unpaired) electrons. The highest BCUT2D eigenvalue weighted by atomic mass is 16.2. The van der Waals surface area contributed by atoms with Crippen LogP contribution in [-0.4, -0.2) is 57.6 Å². The van der Waals surface area contributed by atoms with Gasteiger partial charge >= 0.3 is 0 Å². The van der Waals surface area contributed by atoms with E-state index in [0.717, 1.165) is 42.6 Å². The van der Waals surface area contributed by atoms with Crippen molar-refractivity contribution in [3.05, 3.63) is 82.7 Å². The molecule has 0 spiro atoms. The van der Waals surface area contributed by atoms with Gasteiger partial charge in [-0.25, -0.2) is 4.68 Å². The van der Waals surface area contributed by atoms with Crippen LogP contribution < -0.4 is 0 Å². The molecular weight excluding hydrogens is 400 g/mol. The molecule has 0 unspecified atom stereocenters. The first-order valence-corrected chi connectivity index (χ1v) is 11.5. The third kappa shape index (κ3) is 3.70. The van der Waals surface area contributed by atoms with Crippen LogP contribution in [-0.2, 0) is 19.3 Å². The summed E-state index contributed by atoms with van der Waals surface area (Å²) in [7, 11) is 0. The van der Waals surface area contributed by atoms with Gasteiger partial charge in [-0.3, -0.25) is 9.59 Å². The van der Waals surface area contributed by atoms with Crippen molar-refractivity contribution in [3.8, 4) is 5.69 Å². The molecule has 0 saturated carbocycles. The predicted octanol–water partition coefficient (Wildman–Crippen LogP) is 3.52. The van der Waals surface area contributed by atoms with Crippen molar-refractivity contribution in [3.63, 3.8) is 0 Å². The molecular formula is C26H28N4O2. The lowest BCUT2D eigenvalue weighted by Gasteiger charge is -2.34. The van der Waals surface area contributed by atoms with Crippen LogP contribution in [0.4, 0.5) is 0 Å². The quantitative estimate of drug-likeness (QED) is 0.639. The maximum atomic E-state index is 13.4. The maximum Gasteiger partial charge on any atom is 0.274 e. The second kappa shape index (κ2) is 8.61. The van der Waals surface area contributed by atoms with Crippen molar-refractivity contribution in [1.29, 1.82) is 0 Å². The standard InChI is InChI=1S/C26H28N4O2/c1-2-19-11-13-20(14-12-19)25(31)28-15-17-29(18-16-28)26(32)24-22-9-6-10-23(22)30(27-24)21-7-4-3-5-8-21/h3-5,7-8,11-14H,2,6,9-10,15-18H2,1H3. The first-order valence-electron chi connectivity index (χ1n) is 11.5. The minimum Gasteiger partial charge on any atom is -0.335 e. The Hall–Kier alpha value is -3.41. The lowest BCUT2D eigenvalue weighted by atomic mass is 10.1. The number of carbonyl (C=O) groups is 2. The Morgan fingerprint density at radius 1 is 0.844 bits per heavy atom. The van der Waals surface area contributed by atoms with E-state index in [-0.39, 0.29) is 11.8 Å². The summed E-state index contributed by atoms with van der Waals surface area (Å²) in [6.07, 6.45) is 3.86. The van der Waals surface area contributed by atoms with Crippen LogP contribution >= 0.6 is 0 Å². The molecule has 6 heteroatoms. The third-order valence-corrected chi connectivity index (χ3v) is 6.60. The van der Waals surface area contributed by atoms with Gasteiger partial charge in [0, 0.05) is 43.0 Å². The van der Waals surface area contributed by atoms with E-state index in [1.54, 1.807) is 0 Å². The smallest absolute Gasteiger partial charge is 0.274 e. The molecule has 2 amide bonds. The molecule has 2 heterocycles. The van der Waals surface area contributed by atoms with E-state index in [9.17, 15) is 9.59 Å². The molecule has 0 N–H and O–H groups in total. The van der Waals surface area contributed by atoms with E-state index < -0.39 is 0 Å². The Morgan fingerprint density at radius 2 is 1.50 bits per heavy atom. The van der Waals surface area contributed by atoms with Gasteiger partial charge in [0.2, 0.25) is 0 Å². The molecule has 1 saturated heterocycles. The summed E-state index contributed by atoms with van der Waals surface area (Å²) in [5.74, 6) is 0.0197. The average molecular weight is 429 g/mol. The molecule has 6 nitrogen and oxygen atoms in total. The van der Waals surface area contributed by atoms with Crippen molar-refractivity contribution in [2.45, 2.75) is 32.6 Å². The van der Waals surface area contributed by atoms with Crippen LogP contribution in [0.2, 0.25) is 0 Å². The number of para-hydroxylation sites is 1. The summed E-state index contributed by atoms with van der Waals surface area (Å²) in [6, 6.07) is 17.8. The Kier molecular flexibility index (Phi) is 5.52. The van der Waals surface area contributed by atoms with E-state index in [0.29, 0.717) is 37.4 Å². The molecule has 32 heavy (non-hydrogen) atoms. The molecule has 0 bridgehead atoms. The van der Waals surface area contributed by atoms with Crippen molar-refractivity contribution in [2.75, 3.05) is 26.2 Å². The van der Waals surface area contributed by atoms with Gasteiger partial charge in [0.1, 0.15) is 0 Å². The van der Waals surface area contributed by atoms with E-state index in [4.69, 9.17) is 5.10 Å². The number of amides is 2. The average Bonchev–Trinajstić information content (AvgIpc) is 3.47. The number of carbonyl (C=O) groups excluding carboxylic acids is 2. The predicted molar refractivity (Wildman–Crippen MR) is 123 cm³/mol. The molecule has 1 fully saturated rings. The fourth-order valence-electron chi connectivity index (χ4n) is 4.72. The first-order chi connectivity index (χ1) is 15.7. The highest BCUT2D eigenvalue weighted by Gasteiger charge is 2.32. The highest BCUT2D eigenvalue weighted by Crippen LogP contribution is 2.28. The molecule has 3 aromatic rings. The van der Waals surface area contributed by atoms with Gasteiger partial charge in [0.15, 0.2) is 5.69 Å². The molecule has 1 aromatic heterocycles. The molecule has 164 valence electrons. The molecule has 2 aromatic carbocycles. The number of aryl methyl sites for hydroxylation is 1. The minimum atomic E-state index is -0.0165. The number of hydrogen-bond donors (Lipinski definition) is 0. The van der Waals surface area contributed by atoms with Gasteiger partial charge in [-0.1, -0.05) is 37.3 Å². The van der Waals surface area contributed by atoms with Crippen LogP contribution in [0.3, 0.4) is 0 Å². The van der Waals surface area contributed by atoms with Crippen molar-refractivity contribution >= 4 is 11.8 Å². The Bertz CT molecular complexity index is 1130. The van der Waals surface area contributed by atoms with Crippen LogP contribution in [0.15, 0.2) is 54.6 Å². The lowest BCUT2D eigenvalue weighted by Crippen LogP contribution is -2.50. The third-order valence-electron chi connectivity index (χ3n) is 6.60. The number of nitrogens with zero attached hydrogens (tertiary/aromatic N) is 4. The molecule has 2 aliphatic rings. The SMILES string of the molecule is CCc1ccc(C(=O)N2CCN(C(=O)c3nn(-c4ccccc4)c4c3CCC4)CC2)cc1. The summed E-state index contributed by atoms with van der Waals surface area (Å²) >= 11 is 0. The number of fused-ring (bicyclic) bond motifs is 1. The Balaban J connectivity index is 1.29. The zero-order valence-electron chi connectivity index (χ0n) is 18.5. The van der Waals surface area contributed by atoms with Gasteiger partial charge in [-0.2, -0.15) is 5.10 Å². The van der Waals surface area contributed by atoms with Gasteiger partial charge in [-0.05, 0) is 55.5 Å². The van der Waals surface area contributed by atoms with Gasteiger partial charge in [-0.15, -0.1) is 0 Å². The van der Waals surface area contributed by atoms with Crippen LogP contribution in [0.25, 0.3) is 5.69 Å². The summed E-state index contributed by atoms with van der Waals surface area (Å²) in [5.41, 5.74) is 5.75. The molecule has 1 aliphatic carbocycles. The fourth-order valence-corrected chi connectivity index (χ4v) is 4.72. The van der Waals surface area contributed by atoms with Crippen LogP contribution in [0.5, 0.6) is 0 Å². The van der Waals surface area contributed by atoms with Crippen LogP contribution in [0.1, 0.15) is 51.0 Å². The maximum absolute atomic E-state index is 13.4. The molecule has 5 rings (SSSR count). The van der Waals surface area contributed by atoms with Crippen molar-refractivity contribution < 1.29 is 9.59 Å². The van der Waals surface area contributed by atoms with Crippen molar-refractivity contribution in [2.24, 2.45) is 0 Å². The topological polar surface area (TPSA) is 58.4 Å². The number of benzene rings is 2. The van der Waals surface area contributed by atoms with E-state index in [2.05, 4.69) is 6.92 Å². The van der Waals surface area contributed by atoms with Gasteiger partial charge < -0.3 is 9.80 Å². The molecule has 0 atom stereocenters. The highest BCUT2D eigenvalue weighted by molar-refractivity contribution is 5.96. The summed E-state index contributed by atoms with van der Waals surface area (Å²) < 4.78 is 1.94. The second-order valence-corrected chi connectivity index (χ2v) is 8.51. The van der Waals surface area contributed by atoms with E-state index in [1.165, 1.54) is 5.56 Å². The monoisotopic (exact) mass is 428 g/mol.